The van der Waals surface area contributed by atoms with Crippen molar-refractivity contribution in [2.24, 2.45) is 0 Å². The molecule has 4 aromatic carbocycles. The summed E-state index contributed by atoms with van der Waals surface area (Å²) in [5.41, 5.74) is 5.90. The minimum absolute atomic E-state index is 0.0924. The van der Waals surface area contributed by atoms with E-state index in [1.807, 2.05) is 84.3 Å². The van der Waals surface area contributed by atoms with Gasteiger partial charge in [0.25, 0.3) is 5.91 Å². The number of rotatable bonds is 16. The van der Waals surface area contributed by atoms with Gasteiger partial charge < -0.3 is 20.5 Å². The Morgan fingerprint density at radius 1 is 0.792 bits per heavy atom. The summed E-state index contributed by atoms with van der Waals surface area (Å²) in [5, 5.41) is 17.6. The zero-order chi connectivity index (χ0) is 33.6. The number of benzene rings is 4. The van der Waals surface area contributed by atoms with E-state index in [4.69, 9.17) is 14.8 Å². The van der Waals surface area contributed by atoms with Crippen LogP contribution in [-0.4, -0.2) is 41.0 Å². The Balaban J connectivity index is 1.16. The molecule has 244 valence electrons. The second-order valence-electron chi connectivity index (χ2n) is 11.2. The fourth-order valence-corrected chi connectivity index (χ4v) is 5.80. The number of carboxylic acid groups (broad SMARTS) is 1. The van der Waals surface area contributed by atoms with Gasteiger partial charge in [-0.2, -0.15) is 0 Å². The van der Waals surface area contributed by atoms with Crippen molar-refractivity contribution in [3.8, 4) is 16.3 Å². The Labute approximate surface area is 284 Å². The molecule has 0 bridgehead atoms. The van der Waals surface area contributed by atoms with E-state index >= 15 is 0 Å². The van der Waals surface area contributed by atoms with Crippen LogP contribution in [0.15, 0.2) is 120 Å². The lowest BCUT2D eigenvalue weighted by molar-refractivity contribution is -0.139. The first-order chi connectivity index (χ1) is 23.4. The molecule has 0 aliphatic rings. The predicted molar refractivity (Wildman–Crippen MR) is 189 cm³/mol. The Bertz CT molecular complexity index is 1820. The second-order valence-corrected chi connectivity index (χ2v) is 12.0. The van der Waals surface area contributed by atoms with E-state index in [1.165, 1.54) is 16.9 Å². The molecule has 9 heteroatoms. The van der Waals surface area contributed by atoms with Crippen molar-refractivity contribution < 1.29 is 24.2 Å². The lowest BCUT2D eigenvalue weighted by atomic mass is 10.1. The molecule has 0 atom stereocenters. The smallest absolute Gasteiger partial charge is 0.341 e. The average Bonchev–Trinajstić information content (AvgIpc) is 3.59. The molecule has 0 aliphatic heterocycles. The van der Waals surface area contributed by atoms with Crippen molar-refractivity contribution in [2.75, 3.05) is 13.2 Å². The van der Waals surface area contributed by atoms with Crippen molar-refractivity contribution in [1.82, 2.24) is 15.6 Å². The molecule has 0 fully saturated rings. The third-order valence-electron chi connectivity index (χ3n) is 7.51. The molecule has 0 saturated carbocycles. The highest BCUT2D eigenvalue weighted by Gasteiger charge is 2.15. The van der Waals surface area contributed by atoms with Crippen LogP contribution in [0.2, 0.25) is 0 Å². The zero-order valence-electron chi connectivity index (χ0n) is 26.4. The Kier molecular flexibility index (Phi) is 12.3. The van der Waals surface area contributed by atoms with Gasteiger partial charge in [-0.1, -0.05) is 84.9 Å². The minimum atomic E-state index is -1.05. The first-order valence-electron chi connectivity index (χ1n) is 15.8. The van der Waals surface area contributed by atoms with Gasteiger partial charge in [0, 0.05) is 41.6 Å². The van der Waals surface area contributed by atoms with Gasteiger partial charge in [0.15, 0.2) is 6.61 Å². The summed E-state index contributed by atoms with van der Waals surface area (Å²) >= 11 is 1.49. The molecule has 2 amide bonds. The highest BCUT2D eigenvalue weighted by molar-refractivity contribution is 7.13. The highest BCUT2D eigenvalue weighted by atomic mass is 32.1. The number of nitrogens with one attached hydrogen (secondary N) is 2. The monoisotopic (exact) mass is 659 g/mol. The minimum Gasteiger partial charge on any atom is -0.482 e. The van der Waals surface area contributed by atoms with E-state index in [1.54, 1.807) is 24.3 Å². The number of ether oxygens (including phenoxy) is 1. The van der Waals surface area contributed by atoms with E-state index in [-0.39, 0.29) is 11.8 Å². The van der Waals surface area contributed by atoms with Gasteiger partial charge in [0.05, 0.1) is 5.69 Å². The summed E-state index contributed by atoms with van der Waals surface area (Å²) in [6, 6.07) is 34.4. The molecule has 0 radical (unpaired) electrons. The van der Waals surface area contributed by atoms with Crippen LogP contribution >= 0.6 is 11.3 Å². The first-order valence-corrected chi connectivity index (χ1v) is 16.7. The summed E-state index contributed by atoms with van der Waals surface area (Å²) in [7, 11) is 0. The van der Waals surface area contributed by atoms with Crippen molar-refractivity contribution in [1.29, 1.82) is 0 Å². The summed E-state index contributed by atoms with van der Waals surface area (Å²) < 4.78 is 5.18. The molecule has 1 heterocycles. The van der Waals surface area contributed by atoms with E-state index in [9.17, 15) is 14.4 Å². The van der Waals surface area contributed by atoms with E-state index in [0.29, 0.717) is 36.4 Å². The largest absolute Gasteiger partial charge is 0.482 e. The number of aryl methyl sites for hydroxylation is 1. The van der Waals surface area contributed by atoms with Gasteiger partial charge in [-0.05, 0) is 66.3 Å². The fraction of sp³-hybridized carbons (Fsp3) is 0.179. The van der Waals surface area contributed by atoms with Gasteiger partial charge in [-0.15, -0.1) is 11.3 Å². The van der Waals surface area contributed by atoms with Gasteiger partial charge >= 0.3 is 5.97 Å². The number of unbranched alkanes of at least 4 members (excludes halogenated alkanes) is 1. The maximum atomic E-state index is 13.4. The van der Waals surface area contributed by atoms with Crippen LogP contribution in [0, 0.1) is 0 Å². The van der Waals surface area contributed by atoms with Crippen molar-refractivity contribution >= 4 is 35.2 Å². The lowest BCUT2D eigenvalue weighted by Crippen LogP contribution is -2.25. The lowest BCUT2D eigenvalue weighted by Gasteiger charge is -2.10. The number of carbonyl (C=O) groups excluding carboxylic acids is 2. The van der Waals surface area contributed by atoms with Crippen LogP contribution in [0.3, 0.4) is 0 Å². The summed E-state index contributed by atoms with van der Waals surface area (Å²) in [4.78, 5) is 41.6. The molecule has 5 aromatic rings. The quantitative estimate of drug-likeness (QED) is 0.0778. The molecule has 48 heavy (non-hydrogen) atoms. The number of aromatic nitrogens is 1. The number of hydrogen-bond acceptors (Lipinski definition) is 6. The molecule has 0 aliphatic carbocycles. The SMILES string of the molecule is O=C(O)COc1ccc(CNC(=O)C(=Cc2ccccc2)Cc2csc(-c3ccc(C(=O)NCCCCc4ccccc4)cc3)n2)cc1. The second kappa shape index (κ2) is 17.4. The summed E-state index contributed by atoms with van der Waals surface area (Å²) in [5.74, 6) is -0.908. The number of hydrogen-bond donors (Lipinski definition) is 3. The van der Waals surface area contributed by atoms with Crippen LogP contribution < -0.4 is 15.4 Å². The predicted octanol–water partition coefficient (Wildman–Crippen LogP) is 6.97. The molecular weight excluding hydrogens is 623 g/mol. The summed E-state index contributed by atoms with van der Waals surface area (Å²) in [6.07, 6.45) is 5.13. The third-order valence-corrected chi connectivity index (χ3v) is 8.45. The van der Waals surface area contributed by atoms with Crippen molar-refractivity contribution in [2.45, 2.75) is 32.2 Å². The molecule has 8 nitrogen and oxygen atoms in total. The van der Waals surface area contributed by atoms with Crippen molar-refractivity contribution in [3.63, 3.8) is 0 Å². The normalized spacial score (nSPS) is 11.1. The number of carboxylic acids is 1. The van der Waals surface area contributed by atoms with E-state index < -0.39 is 12.6 Å². The highest BCUT2D eigenvalue weighted by Crippen LogP contribution is 2.26. The average molecular weight is 660 g/mol. The maximum Gasteiger partial charge on any atom is 0.341 e. The van der Waals surface area contributed by atoms with Crippen molar-refractivity contribution in [3.05, 3.63) is 148 Å². The molecule has 0 saturated heterocycles. The third kappa shape index (κ3) is 10.5. The van der Waals surface area contributed by atoms with E-state index in [0.717, 1.165) is 46.7 Å². The number of nitrogens with zero attached hydrogens (tertiary/aromatic N) is 1. The maximum absolute atomic E-state index is 13.4. The Morgan fingerprint density at radius 2 is 1.50 bits per heavy atom. The van der Waals surface area contributed by atoms with Gasteiger partial charge in [0.1, 0.15) is 10.8 Å². The Morgan fingerprint density at radius 3 is 2.21 bits per heavy atom. The standard InChI is InChI=1S/C39H37N3O5S/c43-36(44)26-47-35-20-14-30(15-21-35)25-41-38(46)33(23-29-12-5-2-6-13-29)24-34-27-48-39(42-34)32-18-16-31(17-19-32)37(45)40-22-8-7-11-28-9-3-1-4-10-28/h1-6,9-10,12-21,23,27H,7-8,11,22,24-26H2,(H,40,45)(H,41,46)(H,43,44). The van der Waals surface area contributed by atoms with E-state index in [2.05, 4.69) is 22.8 Å². The zero-order valence-corrected chi connectivity index (χ0v) is 27.2. The number of thiazole rings is 1. The summed E-state index contributed by atoms with van der Waals surface area (Å²) in [6.45, 7) is 0.506. The number of aliphatic carboxylic acids is 1. The van der Waals surface area contributed by atoms with Crippen LogP contribution in [0.5, 0.6) is 5.75 Å². The molecule has 3 N–H and O–H groups in total. The molecule has 1 aromatic heterocycles. The Hall–Kier alpha value is -5.54. The fourth-order valence-electron chi connectivity index (χ4n) is 4.97. The topological polar surface area (TPSA) is 118 Å². The number of amides is 2. The molecule has 5 rings (SSSR count). The van der Waals surface area contributed by atoms with Crippen LogP contribution in [0.25, 0.3) is 16.6 Å². The van der Waals surface area contributed by atoms with Gasteiger partial charge in [0.2, 0.25) is 5.91 Å². The molecule has 0 unspecified atom stereocenters. The van der Waals surface area contributed by atoms with Crippen LogP contribution in [0.1, 0.15) is 45.6 Å². The van der Waals surface area contributed by atoms with Crippen LogP contribution in [-0.2, 0) is 29.0 Å². The van der Waals surface area contributed by atoms with Gasteiger partial charge in [-0.25, -0.2) is 9.78 Å². The molecular formula is C39H37N3O5S. The van der Waals surface area contributed by atoms with Crippen LogP contribution in [0.4, 0.5) is 0 Å². The molecule has 0 spiro atoms. The number of carbonyl (C=O) groups is 3. The van der Waals surface area contributed by atoms with Gasteiger partial charge in [-0.3, -0.25) is 9.59 Å². The first kappa shape index (κ1) is 33.8.